The van der Waals surface area contributed by atoms with Crippen LogP contribution < -0.4 is 10.5 Å². The van der Waals surface area contributed by atoms with Crippen LogP contribution in [0, 0.1) is 0 Å². The molecule has 1 aromatic rings. The Labute approximate surface area is 113 Å². The van der Waals surface area contributed by atoms with Crippen LogP contribution in [0.5, 0.6) is 5.75 Å². The normalized spacial score (nSPS) is 24.9. The molecule has 4 heteroatoms. The SMILES string of the molecule is Cl.N[C@H]1CC2(CCCC2)Oc2ccc(Cl)cc21. The molecule has 1 aliphatic heterocycles. The second-order valence-electron chi connectivity index (χ2n) is 4.98. The van der Waals surface area contributed by atoms with Crippen molar-refractivity contribution in [2.75, 3.05) is 0 Å². The molecule has 0 radical (unpaired) electrons. The van der Waals surface area contributed by atoms with Crippen molar-refractivity contribution in [1.82, 2.24) is 0 Å². The zero-order chi connectivity index (χ0) is 11.2. The monoisotopic (exact) mass is 273 g/mol. The van der Waals surface area contributed by atoms with E-state index in [-0.39, 0.29) is 24.0 Å². The maximum absolute atomic E-state index is 6.23. The molecule has 1 spiro atoms. The minimum Gasteiger partial charge on any atom is -0.487 e. The van der Waals surface area contributed by atoms with Crippen molar-refractivity contribution in [1.29, 1.82) is 0 Å². The molecule has 1 aliphatic carbocycles. The molecule has 1 aromatic carbocycles. The first kappa shape index (κ1) is 13.0. The predicted molar refractivity (Wildman–Crippen MR) is 72.1 cm³/mol. The molecule has 0 bridgehead atoms. The van der Waals surface area contributed by atoms with Crippen LogP contribution >= 0.6 is 24.0 Å². The van der Waals surface area contributed by atoms with E-state index >= 15 is 0 Å². The van der Waals surface area contributed by atoms with Crippen LogP contribution in [0.25, 0.3) is 0 Å². The van der Waals surface area contributed by atoms with E-state index in [1.54, 1.807) is 0 Å². The summed E-state index contributed by atoms with van der Waals surface area (Å²) in [4.78, 5) is 0. The number of fused-ring (bicyclic) bond motifs is 1. The number of benzene rings is 1. The lowest BCUT2D eigenvalue weighted by Crippen LogP contribution is -2.40. The summed E-state index contributed by atoms with van der Waals surface area (Å²) < 4.78 is 6.17. The third-order valence-corrected chi connectivity index (χ3v) is 4.04. The van der Waals surface area contributed by atoms with Crippen molar-refractivity contribution in [3.05, 3.63) is 28.8 Å². The standard InChI is InChI=1S/C13H16ClNO.ClH/c14-9-3-4-12-10(7-9)11(15)8-13(16-12)5-1-2-6-13;/h3-4,7,11H,1-2,5-6,8,15H2;1H/t11-;/m0./s1. The zero-order valence-corrected chi connectivity index (χ0v) is 11.2. The van der Waals surface area contributed by atoms with E-state index < -0.39 is 0 Å². The summed E-state index contributed by atoms with van der Waals surface area (Å²) in [5, 5.41) is 0.736. The second-order valence-corrected chi connectivity index (χ2v) is 5.42. The van der Waals surface area contributed by atoms with Crippen molar-refractivity contribution in [3.63, 3.8) is 0 Å². The molecule has 0 saturated heterocycles. The van der Waals surface area contributed by atoms with Gasteiger partial charge in [0.05, 0.1) is 0 Å². The molecule has 2 aliphatic rings. The van der Waals surface area contributed by atoms with Crippen molar-refractivity contribution in [2.24, 2.45) is 5.73 Å². The van der Waals surface area contributed by atoms with Gasteiger partial charge in [0.25, 0.3) is 0 Å². The van der Waals surface area contributed by atoms with Gasteiger partial charge in [0.1, 0.15) is 11.4 Å². The summed E-state index contributed by atoms with van der Waals surface area (Å²) in [5.41, 5.74) is 7.31. The average Bonchev–Trinajstić information content (AvgIpc) is 2.68. The van der Waals surface area contributed by atoms with Gasteiger partial charge in [-0.2, -0.15) is 0 Å². The van der Waals surface area contributed by atoms with E-state index in [9.17, 15) is 0 Å². The van der Waals surface area contributed by atoms with E-state index in [0.717, 1.165) is 35.6 Å². The van der Waals surface area contributed by atoms with Gasteiger partial charge in [-0.1, -0.05) is 11.6 Å². The van der Waals surface area contributed by atoms with Crippen molar-refractivity contribution in [3.8, 4) is 5.75 Å². The summed E-state index contributed by atoms with van der Waals surface area (Å²) in [6.07, 6.45) is 5.73. The van der Waals surface area contributed by atoms with Gasteiger partial charge in [0.15, 0.2) is 0 Å². The molecular weight excluding hydrogens is 257 g/mol. The van der Waals surface area contributed by atoms with Gasteiger partial charge in [-0.15, -0.1) is 12.4 Å². The zero-order valence-electron chi connectivity index (χ0n) is 9.62. The molecule has 0 amide bonds. The number of halogens is 2. The molecular formula is C13H17Cl2NO. The maximum atomic E-state index is 6.23. The molecule has 1 saturated carbocycles. The molecule has 2 nitrogen and oxygen atoms in total. The molecule has 0 aromatic heterocycles. The van der Waals surface area contributed by atoms with E-state index in [1.165, 1.54) is 12.8 Å². The highest BCUT2D eigenvalue weighted by molar-refractivity contribution is 6.30. The fourth-order valence-electron chi connectivity index (χ4n) is 3.01. The number of ether oxygens (including phenoxy) is 1. The van der Waals surface area contributed by atoms with Crippen LogP contribution in [0.4, 0.5) is 0 Å². The van der Waals surface area contributed by atoms with Crippen molar-refractivity contribution in [2.45, 2.75) is 43.7 Å². The van der Waals surface area contributed by atoms with Crippen LogP contribution in [0.2, 0.25) is 5.02 Å². The highest BCUT2D eigenvalue weighted by Crippen LogP contribution is 2.46. The second kappa shape index (κ2) is 4.68. The number of hydrogen-bond acceptors (Lipinski definition) is 2. The highest BCUT2D eigenvalue weighted by atomic mass is 35.5. The molecule has 2 N–H and O–H groups in total. The maximum Gasteiger partial charge on any atom is 0.125 e. The topological polar surface area (TPSA) is 35.2 Å². The first-order valence-corrected chi connectivity index (χ1v) is 6.30. The third kappa shape index (κ3) is 2.26. The molecule has 17 heavy (non-hydrogen) atoms. The van der Waals surface area contributed by atoms with E-state index in [2.05, 4.69) is 0 Å². The van der Waals surface area contributed by atoms with Crippen LogP contribution in [0.3, 0.4) is 0 Å². The van der Waals surface area contributed by atoms with E-state index in [1.807, 2.05) is 18.2 Å². The smallest absolute Gasteiger partial charge is 0.125 e. The summed E-state index contributed by atoms with van der Waals surface area (Å²) >= 11 is 5.98. The van der Waals surface area contributed by atoms with Crippen molar-refractivity contribution >= 4 is 24.0 Å². The minimum absolute atomic E-state index is 0. The molecule has 0 unspecified atom stereocenters. The lowest BCUT2D eigenvalue weighted by molar-refractivity contribution is 0.0426. The Kier molecular flexibility index (Phi) is 3.58. The number of hydrogen-bond donors (Lipinski definition) is 1. The van der Waals surface area contributed by atoms with Gasteiger partial charge in [-0.25, -0.2) is 0 Å². The summed E-state index contributed by atoms with van der Waals surface area (Å²) in [6, 6.07) is 5.84. The van der Waals surface area contributed by atoms with E-state index in [4.69, 9.17) is 22.1 Å². The Balaban J connectivity index is 0.00000108. The lowest BCUT2D eigenvalue weighted by Gasteiger charge is -2.38. The summed E-state index contributed by atoms with van der Waals surface area (Å²) in [6.45, 7) is 0. The van der Waals surface area contributed by atoms with Gasteiger partial charge >= 0.3 is 0 Å². The van der Waals surface area contributed by atoms with Crippen LogP contribution in [-0.2, 0) is 0 Å². The van der Waals surface area contributed by atoms with Crippen molar-refractivity contribution < 1.29 is 4.74 Å². The molecule has 1 atom stereocenters. The predicted octanol–water partition coefficient (Wildman–Crippen LogP) is 3.86. The Morgan fingerprint density at radius 2 is 2.00 bits per heavy atom. The Bertz CT molecular complexity index is 416. The van der Waals surface area contributed by atoms with E-state index in [0.29, 0.717) is 0 Å². The average molecular weight is 274 g/mol. The van der Waals surface area contributed by atoms with Gasteiger partial charge in [-0.05, 0) is 43.9 Å². The Morgan fingerprint density at radius 1 is 1.29 bits per heavy atom. The molecule has 1 heterocycles. The number of rotatable bonds is 0. The molecule has 94 valence electrons. The highest BCUT2D eigenvalue weighted by Gasteiger charge is 2.41. The third-order valence-electron chi connectivity index (χ3n) is 3.80. The molecule has 3 rings (SSSR count). The van der Waals surface area contributed by atoms with Gasteiger partial charge in [0, 0.05) is 23.0 Å². The van der Waals surface area contributed by atoms with Crippen LogP contribution in [0.1, 0.15) is 43.7 Å². The van der Waals surface area contributed by atoms with Gasteiger partial charge in [0.2, 0.25) is 0 Å². The first-order valence-electron chi connectivity index (χ1n) is 5.93. The fourth-order valence-corrected chi connectivity index (χ4v) is 3.19. The van der Waals surface area contributed by atoms with Crippen LogP contribution in [0.15, 0.2) is 18.2 Å². The summed E-state index contributed by atoms with van der Waals surface area (Å²) in [5.74, 6) is 0.935. The van der Waals surface area contributed by atoms with Gasteiger partial charge in [-0.3, -0.25) is 0 Å². The largest absolute Gasteiger partial charge is 0.487 e. The number of nitrogens with two attached hydrogens (primary N) is 1. The summed E-state index contributed by atoms with van der Waals surface area (Å²) in [7, 11) is 0. The van der Waals surface area contributed by atoms with Gasteiger partial charge < -0.3 is 10.5 Å². The molecule has 1 fully saturated rings. The fraction of sp³-hybridized carbons (Fsp3) is 0.538. The Hall–Kier alpha value is -0.440. The minimum atomic E-state index is 0. The lowest BCUT2D eigenvalue weighted by atomic mass is 9.86. The first-order chi connectivity index (χ1) is 7.69. The van der Waals surface area contributed by atoms with Crippen LogP contribution in [-0.4, -0.2) is 5.60 Å². The quantitative estimate of drug-likeness (QED) is 0.779. The Morgan fingerprint density at radius 3 is 2.71 bits per heavy atom.